The average molecular weight is 221 g/mol. The first-order valence-electron chi connectivity index (χ1n) is 4.46. The second-order valence-corrected chi connectivity index (χ2v) is 3.61. The summed E-state index contributed by atoms with van der Waals surface area (Å²) in [4.78, 5) is 10.8. The molecule has 0 amide bonds. The molecule has 3 nitrogen and oxygen atoms in total. The lowest BCUT2D eigenvalue weighted by atomic mass is 10.1. The molecule has 4 heteroatoms. The topological polar surface area (TPSA) is 34.9 Å². The standard InChI is InChI=1S/C11H9ClN2O/c1-14-6-9(11(7-15)13-14)8-4-2-3-5-10(8)12/h2-7H,1H3. The zero-order chi connectivity index (χ0) is 10.8. The van der Waals surface area contributed by atoms with Crippen molar-refractivity contribution in [2.45, 2.75) is 0 Å². The lowest BCUT2D eigenvalue weighted by Gasteiger charge is -2.00. The maximum atomic E-state index is 10.8. The van der Waals surface area contributed by atoms with Crippen molar-refractivity contribution >= 4 is 17.9 Å². The van der Waals surface area contributed by atoms with Crippen molar-refractivity contribution in [2.24, 2.45) is 7.05 Å². The predicted molar refractivity (Wildman–Crippen MR) is 59.0 cm³/mol. The quantitative estimate of drug-likeness (QED) is 0.729. The van der Waals surface area contributed by atoms with Crippen LogP contribution in [0.15, 0.2) is 30.5 Å². The van der Waals surface area contributed by atoms with Gasteiger partial charge < -0.3 is 0 Å². The Labute approximate surface area is 92.3 Å². The molecule has 1 aromatic heterocycles. The number of benzene rings is 1. The Bertz CT molecular complexity index is 505. The number of aryl methyl sites for hydroxylation is 1. The highest BCUT2D eigenvalue weighted by molar-refractivity contribution is 6.33. The van der Waals surface area contributed by atoms with Crippen LogP contribution in [0.25, 0.3) is 11.1 Å². The van der Waals surface area contributed by atoms with Gasteiger partial charge in [-0.25, -0.2) is 0 Å². The molecule has 0 bridgehead atoms. The van der Waals surface area contributed by atoms with Crippen molar-refractivity contribution < 1.29 is 4.79 Å². The van der Waals surface area contributed by atoms with E-state index in [2.05, 4.69) is 5.10 Å². The van der Waals surface area contributed by atoms with Crippen LogP contribution in [0, 0.1) is 0 Å². The molecular weight excluding hydrogens is 212 g/mol. The lowest BCUT2D eigenvalue weighted by molar-refractivity contribution is 0.111. The molecule has 0 atom stereocenters. The Kier molecular flexibility index (Phi) is 2.56. The van der Waals surface area contributed by atoms with Gasteiger partial charge in [-0.1, -0.05) is 29.8 Å². The molecule has 1 aromatic carbocycles. The Hall–Kier alpha value is -1.61. The summed E-state index contributed by atoms with van der Waals surface area (Å²) < 4.78 is 1.60. The van der Waals surface area contributed by atoms with Crippen molar-refractivity contribution in [3.05, 3.63) is 41.2 Å². The Morgan fingerprint density at radius 3 is 2.73 bits per heavy atom. The molecule has 0 saturated heterocycles. The third-order valence-electron chi connectivity index (χ3n) is 2.13. The van der Waals surface area contributed by atoms with Crippen LogP contribution < -0.4 is 0 Å². The van der Waals surface area contributed by atoms with Crippen LogP contribution in [0.5, 0.6) is 0 Å². The van der Waals surface area contributed by atoms with Crippen LogP contribution in [-0.4, -0.2) is 16.1 Å². The molecule has 1 heterocycles. The van der Waals surface area contributed by atoms with E-state index in [0.29, 0.717) is 10.7 Å². The van der Waals surface area contributed by atoms with Crippen molar-refractivity contribution in [2.75, 3.05) is 0 Å². The summed E-state index contributed by atoms with van der Waals surface area (Å²) in [5, 5.41) is 4.66. The van der Waals surface area contributed by atoms with Gasteiger partial charge in [-0.2, -0.15) is 5.10 Å². The monoisotopic (exact) mass is 220 g/mol. The van der Waals surface area contributed by atoms with Gasteiger partial charge in [0, 0.05) is 29.4 Å². The van der Waals surface area contributed by atoms with Crippen molar-refractivity contribution in [1.29, 1.82) is 0 Å². The van der Waals surface area contributed by atoms with Crippen LogP contribution in [0.2, 0.25) is 5.02 Å². The van der Waals surface area contributed by atoms with Crippen LogP contribution >= 0.6 is 11.6 Å². The number of aromatic nitrogens is 2. The Morgan fingerprint density at radius 2 is 2.07 bits per heavy atom. The predicted octanol–water partition coefficient (Wildman–Crippen LogP) is 2.55. The molecule has 2 rings (SSSR count). The molecule has 0 fully saturated rings. The molecule has 0 saturated carbocycles. The van der Waals surface area contributed by atoms with Gasteiger partial charge in [0.05, 0.1) is 0 Å². The highest BCUT2D eigenvalue weighted by Gasteiger charge is 2.11. The van der Waals surface area contributed by atoms with E-state index in [-0.39, 0.29) is 0 Å². The second kappa shape index (κ2) is 3.87. The summed E-state index contributed by atoms with van der Waals surface area (Å²) in [5.74, 6) is 0. The number of carbonyl (C=O) groups excluding carboxylic acids is 1. The number of halogens is 1. The van der Waals surface area contributed by atoms with E-state index in [9.17, 15) is 4.79 Å². The van der Waals surface area contributed by atoms with E-state index in [0.717, 1.165) is 17.4 Å². The van der Waals surface area contributed by atoms with Gasteiger partial charge in [0.2, 0.25) is 0 Å². The van der Waals surface area contributed by atoms with Crippen LogP contribution in [0.4, 0.5) is 0 Å². The number of carbonyl (C=O) groups is 1. The first-order chi connectivity index (χ1) is 7.22. The highest BCUT2D eigenvalue weighted by atomic mass is 35.5. The molecule has 0 aliphatic carbocycles. The fraction of sp³-hybridized carbons (Fsp3) is 0.0909. The highest BCUT2D eigenvalue weighted by Crippen LogP contribution is 2.28. The van der Waals surface area contributed by atoms with E-state index < -0.39 is 0 Å². The van der Waals surface area contributed by atoms with Gasteiger partial charge in [-0.15, -0.1) is 0 Å². The summed E-state index contributed by atoms with van der Waals surface area (Å²) in [6.45, 7) is 0. The largest absolute Gasteiger partial charge is 0.296 e. The van der Waals surface area contributed by atoms with Gasteiger partial charge in [-0.3, -0.25) is 9.48 Å². The van der Waals surface area contributed by atoms with E-state index in [1.807, 2.05) is 18.2 Å². The van der Waals surface area contributed by atoms with E-state index in [1.54, 1.807) is 24.0 Å². The first kappa shape index (κ1) is 9.93. The minimum atomic E-state index is 0.408. The summed E-state index contributed by atoms with van der Waals surface area (Å²) in [5.41, 5.74) is 2.00. The molecule has 76 valence electrons. The van der Waals surface area contributed by atoms with Gasteiger partial charge >= 0.3 is 0 Å². The van der Waals surface area contributed by atoms with Gasteiger partial charge in [0.1, 0.15) is 5.69 Å². The fourth-order valence-corrected chi connectivity index (χ4v) is 1.72. The maximum absolute atomic E-state index is 10.8. The summed E-state index contributed by atoms with van der Waals surface area (Å²) >= 11 is 6.04. The zero-order valence-electron chi connectivity index (χ0n) is 8.14. The number of hydrogen-bond donors (Lipinski definition) is 0. The number of rotatable bonds is 2. The Morgan fingerprint density at radius 1 is 1.33 bits per heavy atom. The molecule has 2 aromatic rings. The summed E-state index contributed by atoms with van der Waals surface area (Å²) in [6, 6.07) is 7.39. The molecule has 0 N–H and O–H groups in total. The van der Waals surface area contributed by atoms with Gasteiger partial charge in [-0.05, 0) is 6.07 Å². The van der Waals surface area contributed by atoms with Crippen LogP contribution in [0.3, 0.4) is 0 Å². The minimum absolute atomic E-state index is 0.408. The molecule has 0 aliphatic rings. The number of hydrogen-bond acceptors (Lipinski definition) is 2. The van der Waals surface area contributed by atoms with E-state index >= 15 is 0 Å². The summed E-state index contributed by atoms with van der Waals surface area (Å²) in [6.07, 6.45) is 2.52. The molecule has 0 radical (unpaired) electrons. The van der Waals surface area contributed by atoms with Gasteiger partial charge in [0.15, 0.2) is 6.29 Å². The number of aldehydes is 1. The van der Waals surface area contributed by atoms with Crippen LogP contribution in [-0.2, 0) is 7.05 Å². The van der Waals surface area contributed by atoms with Crippen LogP contribution in [0.1, 0.15) is 10.5 Å². The minimum Gasteiger partial charge on any atom is -0.296 e. The second-order valence-electron chi connectivity index (χ2n) is 3.20. The van der Waals surface area contributed by atoms with E-state index in [4.69, 9.17) is 11.6 Å². The maximum Gasteiger partial charge on any atom is 0.170 e. The zero-order valence-corrected chi connectivity index (χ0v) is 8.90. The lowest BCUT2D eigenvalue weighted by Crippen LogP contribution is -1.89. The third-order valence-corrected chi connectivity index (χ3v) is 2.46. The normalized spacial score (nSPS) is 10.3. The van der Waals surface area contributed by atoms with Crippen molar-refractivity contribution in [3.8, 4) is 11.1 Å². The number of nitrogens with zero attached hydrogens (tertiary/aromatic N) is 2. The van der Waals surface area contributed by atoms with Gasteiger partial charge in [0.25, 0.3) is 0 Å². The molecule has 0 aliphatic heterocycles. The Balaban J connectivity index is 2.63. The smallest absolute Gasteiger partial charge is 0.170 e. The van der Waals surface area contributed by atoms with Crippen molar-refractivity contribution in [3.63, 3.8) is 0 Å². The molecule has 15 heavy (non-hydrogen) atoms. The summed E-state index contributed by atoms with van der Waals surface area (Å²) in [7, 11) is 1.77. The third kappa shape index (κ3) is 1.78. The molecule has 0 spiro atoms. The fourth-order valence-electron chi connectivity index (χ4n) is 1.48. The average Bonchev–Trinajstić information content (AvgIpc) is 2.60. The van der Waals surface area contributed by atoms with E-state index in [1.165, 1.54) is 0 Å². The first-order valence-corrected chi connectivity index (χ1v) is 4.84. The SMILES string of the molecule is Cn1cc(-c2ccccc2Cl)c(C=O)n1. The molecular formula is C11H9ClN2O. The molecule has 0 unspecified atom stereocenters. The van der Waals surface area contributed by atoms with Crippen molar-refractivity contribution in [1.82, 2.24) is 9.78 Å².